The minimum atomic E-state index is -4.38. The van der Waals surface area contributed by atoms with E-state index in [-0.39, 0.29) is 11.4 Å². The fourth-order valence-corrected chi connectivity index (χ4v) is 1.27. The summed E-state index contributed by atoms with van der Waals surface area (Å²) in [7, 11) is 1.38. The molecule has 1 aromatic carbocycles. The molecule has 2 rings (SSSR count). The van der Waals surface area contributed by atoms with E-state index in [0.29, 0.717) is 5.52 Å². The van der Waals surface area contributed by atoms with Crippen molar-refractivity contribution in [1.82, 2.24) is 9.97 Å². The molecule has 0 unspecified atom stereocenters. The normalized spacial score (nSPS) is 11.8. The van der Waals surface area contributed by atoms with Crippen LogP contribution in [0.4, 0.5) is 13.2 Å². The molecule has 1 aromatic heterocycles. The van der Waals surface area contributed by atoms with E-state index in [1.165, 1.54) is 19.4 Å². The van der Waals surface area contributed by atoms with Crippen LogP contribution in [0.1, 0.15) is 5.56 Å². The molecule has 6 heteroatoms. The maximum absolute atomic E-state index is 12.4. The van der Waals surface area contributed by atoms with Crippen molar-refractivity contribution < 1.29 is 17.9 Å². The predicted molar refractivity (Wildman–Crippen MR) is 51.1 cm³/mol. The van der Waals surface area contributed by atoms with Gasteiger partial charge in [0.15, 0.2) is 0 Å². The van der Waals surface area contributed by atoms with Crippen LogP contribution in [-0.2, 0) is 6.18 Å². The average molecular weight is 228 g/mol. The molecule has 0 atom stereocenters. The Morgan fingerprint density at radius 2 is 1.94 bits per heavy atom. The average Bonchev–Trinajstić information content (AvgIpc) is 2.26. The van der Waals surface area contributed by atoms with Gasteiger partial charge in [0.25, 0.3) is 0 Å². The standard InChI is InChI=1S/C10H7F3N2O/c1-16-9-5-14-7-3-2-6(10(11,12)13)4-8(7)15-9/h2-5H,1H3. The Kier molecular flexibility index (Phi) is 2.41. The third-order valence-electron chi connectivity index (χ3n) is 2.06. The van der Waals surface area contributed by atoms with Gasteiger partial charge in [0.2, 0.25) is 5.88 Å². The minimum Gasteiger partial charge on any atom is -0.480 e. The zero-order valence-corrected chi connectivity index (χ0v) is 8.25. The molecule has 0 aliphatic heterocycles. The number of alkyl halides is 3. The largest absolute Gasteiger partial charge is 0.480 e. The molecule has 0 amide bonds. The maximum atomic E-state index is 12.4. The van der Waals surface area contributed by atoms with Crippen LogP contribution in [0.2, 0.25) is 0 Å². The van der Waals surface area contributed by atoms with Crippen molar-refractivity contribution in [3.8, 4) is 5.88 Å². The van der Waals surface area contributed by atoms with Gasteiger partial charge in [0.1, 0.15) is 0 Å². The highest BCUT2D eigenvalue weighted by Crippen LogP contribution is 2.30. The van der Waals surface area contributed by atoms with Crippen molar-refractivity contribution in [1.29, 1.82) is 0 Å². The lowest BCUT2D eigenvalue weighted by Crippen LogP contribution is -2.04. The Hall–Kier alpha value is -1.85. The first kappa shape index (κ1) is 10.7. The summed E-state index contributed by atoms with van der Waals surface area (Å²) in [6.07, 6.45) is -3.02. The molecular formula is C10H7F3N2O. The highest BCUT2D eigenvalue weighted by Gasteiger charge is 2.30. The summed E-state index contributed by atoms with van der Waals surface area (Å²) in [5, 5.41) is 0. The molecule has 84 valence electrons. The van der Waals surface area contributed by atoms with Crippen LogP contribution in [0.3, 0.4) is 0 Å². The topological polar surface area (TPSA) is 35.0 Å². The number of aromatic nitrogens is 2. The van der Waals surface area contributed by atoms with Gasteiger partial charge in [0, 0.05) is 0 Å². The van der Waals surface area contributed by atoms with Gasteiger partial charge in [-0.15, -0.1) is 0 Å². The number of halogens is 3. The quantitative estimate of drug-likeness (QED) is 0.752. The van der Waals surface area contributed by atoms with Gasteiger partial charge in [-0.05, 0) is 18.2 Å². The smallest absolute Gasteiger partial charge is 0.416 e. The second kappa shape index (κ2) is 3.62. The van der Waals surface area contributed by atoms with E-state index >= 15 is 0 Å². The zero-order chi connectivity index (χ0) is 11.8. The summed E-state index contributed by atoms with van der Waals surface area (Å²) in [6, 6.07) is 3.21. The molecule has 0 N–H and O–H groups in total. The lowest BCUT2D eigenvalue weighted by atomic mass is 10.2. The second-order valence-corrected chi connectivity index (χ2v) is 3.11. The van der Waals surface area contributed by atoms with E-state index in [9.17, 15) is 13.2 Å². The minimum absolute atomic E-state index is 0.161. The zero-order valence-electron chi connectivity index (χ0n) is 8.25. The Morgan fingerprint density at radius 3 is 2.56 bits per heavy atom. The molecule has 0 bridgehead atoms. The maximum Gasteiger partial charge on any atom is 0.416 e. The van der Waals surface area contributed by atoms with Gasteiger partial charge in [-0.1, -0.05) is 0 Å². The van der Waals surface area contributed by atoms with Crippen LogP contribution in [0.15, 0.2) is 24.4 Å². The van der Waals surface area contributed by atoms with Crippen molar-refractivity contribution in [2.24, 2.45) is 0 Å². The SMILES string of the molecule is COc1cnc2ccc(C(F)(F)F)cc2n1. The molecule has 0 radical (unpaired) electrons. The summed E-state index contributed by atoms with van der Waals surface area (Å²) in [5.41, 5.74) is -0.189. The number of hydrogen-bond acceptors (Lipinski definition) is 3. The Balaban J connectivity index is 2.59. The van der Waals surface area contributed by atoms with Crippen molar-refractivity contribution in [3.05, 3.63) is 30.0 Å². The molecule has 1 heterocycles. The van der Waals surface area contributed by atoms with E-state index in [4.69, 9.17) is 4.74 Å². The lowest BCUT2D eigenvalue weighted by molar-refractivity contribution is -0.137. The molecule has 0 aliphatic carbocycles. The fourth-order valence-electron chi connectivity index (χ4n) is 1.27. The van der Waals surface area contributed by atoms with Crippen molar-refractivity contribution >= 4 is 11.0 Å². The molecule has 2 aromatic rings. The molecule has 0 fully saturated rings. The molecule has 0 aliphatic rings. The summed E-state index contributed by atoms with van der Waals surface area (Å²) in [4.78, 5) is 7.80. The van der Waals surface area contributed by atoms with Crippen molar-refractivity contribution in [2.45, 2.75) is 6.18 Å². The molecule has 3 nitrogen and oxygen atoms in total. The molecule has 0 spiro atoms. The first-order valence-electron chi connectivity index (χ1n) is 4.39. The Labute approximate surface area is 88.9 Å². The van der Waals surface area contributed by atoms with Crippen LogP contribution in [-0.4, -0.2) is 17.1 Å². The van der Waals surface area contributed by atoms with Crippen LogP contribution in [0.25, 0.3) is 11.0 Å². The van der Waals surface area contributed by atoms with Crippen LogP contribution in [0, 0.1) is 0 Å². The van der Waals surface area contributed by atoms with Gasteiger partial charge in [0.05, 0.1) is 29.9 Å². The third-order valence-corrected chi connectivity index (χ3v) is 2.06. The van der Waals surface area contributed by atoms with E-state index < -0.39 is 11.7 Å². The van der Waals surface area contributed by atoms with Crippen LogP contribution >= 0.6 is 0 Å². The van der Waals surface area contributed by atoms with E-state index in [1.54, 1.807) is 0 Å². The van der Waals surface area contributed by atoms with Gasteiger partial charge in [-0.2, -0.15) is 13.2 Å². The van der Waals surface area contributed by atoms with Crippen molar-refractivity contribution in [3.63, 3.8) is 0 Å². The number of hydrogen-bond donors (Lipinski definition) is 0. The highest BCUT2D eigenvalue weighted by atomic mass is 19.4. The molecule has 16 heavy (non-hydrogen) atoms. The number of rotatable bonds is 1. The summed E-state index contributed by atoms with van der Waals surface area (Å²) in [5.74, 6) is 0.187. The van der Waals surface area contributed by atoms with Crippen LogP contribution in [0.5, 0.6) is 5.88 Å². The highest BCUT2D eigenvalue weighted by molar-refractivity contribution is 5.75. The first-order valence-corrected chi connectivity index (χ1v) is 4.39. The molecule has 0 saturated heterocycles. The summed E-state index contributed by atoms with van der Waals surface area (Å²) in [6.45, 7) is 0. The van der Waals surface area contributed by atoms with Crippen LogP contribution < -0.4 is 4.74 Å². The third kappa shape index (κ3) is 1.91. The predicted octanol–water partition coefficient (Wildman–Crippen LogP) is 2.66. The summed E-state index contributed by atoms with van der Waals surface area (Å²) >= 11 is 0. The monoisotopic (exact) mass is 228 g/mol. The van der Waals surface area contributed by atoms with Crippen molar-refractivity contribution in [2.75, 3.05) is 7.11 Å². The van der Waals surface area contributed by atoms with E-state index in [2.05, 4.69) is 9.97 Å². The van der Waals surface area contributed by atoms with Gasteiger partial charge in [-0.25, -0.2) is 9.97 Å². The fraction of sp³-hybridized carbons (Fsp3) is 0.200. The Morgan fingerprint density at radius 1 is 1.19 bits per heavy atom. The number of ether oxygens (including phenoxy) is 1. The van der Waals surface area contributed by atoms with Gasteiger partial charge >= 0.3 is 6.18 Å². The van der Waals surface area contributed by atoms with Gasteiger partial charge < -0.3 is 4.74 Å². The lowest BCUT2D eigenvalue weighted by Gasteiger charge is -2.07. The molecular weight excluding hydrogens is 221 g/mol. The second-order valence-electron chi connectivity index (χ2n) is 3.11. The van der Waals surface area contributed by atoms with E-state index in [1.807, 2.05) is 0 Å². The van der Waals surface area contributed by atoms with Gasteiger partial charge in [-0.3, -0.25) is 0 Å². The van der Waals surface area contributed by atoms with E-state index in [0.717, 1.165) is 12.1 Å². The Bertz CT molecular complexity index is 525. The first-order chi connectivity index (χ1) is 7.50. The number of methoxy groups -OCH3 is 1. The number of benzene rings is 1. The number of fused-ring (bicyclic) bond motifs is 1. The number of nitrogens with zero attached hydrogens (tertiary/aromatic N) is 2. The summed E-state index contributed by atoms with van der Waals surface area (Å²) < 4.78 is 42.0. The molecule has 0 saturated carbocycles.